The molecule has 0 spiro atoms. The summed E-state index contributed by atoms with van der Waals surface area (Å²) in [5, 5.41) is 9.28. The molecule has 1 rings (SSSR count). The summed E-state index contributed by atoms with van der Waals surface area (Å²) in [5.74, 6) is -1.10. The van der Waals surface area contributed by atoms with Crippen LogP contribution in [-0.2, 0) is 7.68 Å². The van der Waals surface area contributed by atoms with Gasteiger partial charge in [-0.2, -0.15) is 0 Å². The predicted octanol–water partition coefficient (Wildman–Crippen LogP) is 3.25. The second kappa shape index (κ2) is 4.02. The molecule has 0 saturated heterocycles. The summed E-state index contributed by atoms with van der Waals surface area (Å²) in [4.78, 5) is 10.8. The molecule has 0 fully saturated rings. The fourth-order valence-corrected chi connectivity index (χ4v) is 1.45. The van der Waals surface area contributed by atoms with E-state index in [2.05, 4.69) is 0 Å². The van der Waals surface area contributed by atoms with Crippen LogP contribution in [0.5, 0.6) is 0 Å². The van der Waals surface area contributed by atoms with Crippen LogP contribution in [0.3, 0.4) is 0 Å². The maximum Gasteiger partial charge on any atom is 0.339 e. The first-order valence-electron chi connectivity index (χ1n) is 3.32. The molecule has 0 bridgehead atoms. The highest BCUT2D eigenvalue weighted by Gasteiger charge is 2.34. The number of alkyl halides is 2. The molecule has 0 aromatic heterocycles. The van der Waals surface area contributed by atoms with Gasteiger partial charge in [0.1, 0.15) is 0 Å². The Morgan fingerprint density at radius 2 is 2.15 bits per heavy atom. The second-order valence-electron chi connectivity index (χ2n) is 2.39. The zero-order valence-electron chi connectivity index (χ0n) is 6.30. The van der Waals surface area contributed by atoms with Crippen molar-refractivity contribution in [2.45, 2.75) is 2.88 Å². The number of aliphatic carboxylic acids is 1. The Morgan fingerprint density at radius 3 is 2.62 bits per heavy atom. The Labute approximate surface area is 99.0 Å². The van der Waals surface area contributed by atoms with Crippen molar-refractivity contribution in [1.29, 1.82) is 0 Å². The molecular formula is C8H5Cl2IO2. The third-order valence-electron chi connectivity index (χ3n) is 1.46. The van der Waals surface area contributed by atoms with E-state index in [-0.39, 0.29) is 0 Å². The first-order chi connectivity index (χ1) is 5.94. The summed E-state index contributed by atoms with van der Waals surface area (Å²) >= 11 is 13.2. The van der Waals surface area contributed by atoms with Crippen LogP contribution in [0.2, 0.25) is 5.02 Å². The monoisotopic (exact) mass is 330 g/mol. The van der Waals surface area contributed by atoms with E-state index in [1.54, 1.807) is 40.8 Å². The van der Waals surface area contributed by atoms with Gasteiger partial charge in [-0.15, -0.1) is 0 Å². The van der Waals surface area contributed by atoms with E-state index in [9.17, 15) is 4.79 Å². The maximum absolute atomic E-state index is 10.8. The van der Waals surface area contributed by atoms with Crippen LogP contribution >= 0.6 is 45.8 Å². The average molecular weight is 331 g/mol. The first kappa shape index (κ1) is 11.1. The number of halogens is 3. The van der Waals surface area contributed by atoms with Gasteiger partial charge in [0.25, 0.3) is 0 Å². The van der Waals surface area contributed by atoms with Gasteiger partial charge in [-0.1, -0.05) is 35.3 Å². The number of carboxylic acid groups (broad SMARTS) is 1. The third kappa shape index (κ3) is 2.48. The maximum atomic E-state index is 10.8. The molecule has 0 amide bonds. The van der Waals surface area contributed by atoms with Crippen molar-refractivity contribution in [3.8, 4) is 0 Å². The van der Waals surface area contributed by atoms with Crippen molar-refractivity contribution in [2.75, 3.05) is 0 Å². The minimum absolute atomic E-state index is 0.467. The predicted molar refractivity (Wildman–Crippen MR) is 60.6 cm³/mol. The largest absolute Gasteiger partial charge is 0.479 e. The molecule has 0 aliphatic carbocycles. The van der Waals surface area contributed by atoms with E-state index in [0.29, 0.717) is 10.6 Å². The molecule has 1 aromatic carbocycles. The lowest BCUT2D eigenvalue weighted by molar-refractivity contribution is -0.137. The van der Waals surface area contributed by atoms with Crippen molar-refractivity contribution in [1.82, 2.24) is 0 Å². The molecule has 2 nitrogen and oxygen atoms in total. The first-order valence-corrected chi connectivity index (χ1v) is 5.15. The van der Waals surface area contributed by atoms with Crippen LogP contribution < -0.4 is 0 Å². The summed E-state index contributed by atoms with van der Waals surface area (Å²) in [5.41, 5.74) is 0.467. The number of rotatable bonds is 2. The SMILES string of the molecule is O=C(O)C(Cl)(I)c1cccc(Cl)c1. The Bertz CT molecular complexity index is 339. The fourth-order valence-electron chi connectivity index (χ4n) is 0.807. The molecule has 0 saturated carbocycles. The molecule has 0 aliphatic rings. The van der Waals surface area contributed by atoms with Crippen LogP contribution in [0.15, 0.2) is 24.3 Å². The fraction of sp³-hybridized carbons (Fsp3) is 0.125. The standard InChI is InChI=1S/C8H5Cl2IO2/c9-6-3-1-2-5(4-6)8(10,11)7(12)13/h1-4H,(H,12,13). The van der Waals surface area contributed by atoms with E-state index >= 15 is 0 Å². The van der Waals surface area contributed by atoms with E-state index in [0.717, 1.165) is 0 Å². The summed E-state index contributed by atoms with van der Waals surface area (Å²) < 4.78 is -1.44. The Hall–Kier alpha value is -0.000000000000000111. The van der Waals surface area contributed by atoms with E-state index in [1.165, 1.54) is 6.07 Å². The van der Waals surface area contributed by atoms with Crippen molar-refractivity contribution in [3.05, 3.63) is 34.9 Å². The second-order valence-corrected chi connectivity index (χ2v) is 5.65. The molecular weight excluding hydrogens is 326 g/mol. The topological polar surface area (TPSA) is 37.3 Å². The molecule has 70 valence electrons. The van der Waals surface area contributed by atoms with Gasteiger partial charge in [0, 0.05) is 5.02 Å². The molecule has 0 radical (unpaired) electrons. The Morgan fingerprint density at radius 1 is 1.54 bits per heavy atom. The Balaban J connectivity index is 3.14. The van der Waals surface area contributed by atoms with Crippen molar-refractivity contribution >= 4 is 51.8 Å². The lowest BCUT2D eigenvalue weighted by Crippen LogP contribution is -2.21. The third-order valence-corrected chi connectivity index (χ3v) is 3.15. The lowest BCUT2D eigenvalue weighted by Gasteiger charge is -2.14. The van der Waals surface area contributed by atoms with Crippen LogP contribution in [0, 0.1) is 0 Å². The number of carboxylic acids is 1. The molecule has 0 heterocycles. The molecule has 13 heavy (non-hydrogen) atoms. The highest BCUT2D eigenvalue weighted by molar-refractivity contribution is 14.1. The van der Waals surface area contributed by atoms with E-state index in [1.807, 2.05) is 0 Å². The zero-order chi connectivity index (χ0) is 10.1. The summed E-state index contributed by atoms with van der Waals surface area (Å²) in [6, 6.07) is 6.49. The van der Waals surface area contributed by atoms with Gasteiger partial charge in [0.2, 0.25) is 2.88 Å². The van der Waals surface area contributed by atoms with E-state index < -0.39 is 8.85 Å². The lowest BCUT2D eigenvalue weighted by atomic mass is 10.1. The number of hydrogen-bond donors (Lipinski definition) is 1. The molecule has 5 heteroatoms. The quantitative estimate of drug-likeness (QED) is 0.667. The molecule has 1 aromatic rings. The average Bonchev–Trinajstić information content (AvgIpc) is 2.04. The number of hydrogen-bond acceptors (Lipinski definition) is 1. The van der Waals surface area contributed by atoms with E-state index in [4.69, 9.17) is 28.3 Å². The van der Waals surface area contributed by atoms with Gasteiger partial charge in [0.15, 0.2) is 0 Å². The van der Waals surface area contributed by atoms with Gasteiger partial charge < -0.3 is 5.11 Å². The minimum atomic E-state index is -1.44. The van der Waals surface area contributed by atoms with Crippen LogP contribution in [0.1, 0.15) is 5.56 Å². The Kier molecular flexibility index (Phi) is 3.43. The van der Waals surface area contributed by atoms with Gasteiger partial charge in [-0.05, 0) is 40.3 Å². The zero-order valence-corrected chi connectivity index (χ0v) is 9.97. The smallest absolute Gasteiger partial charge is 0.339 e. The van der Waals surface area contributed by atoms with Gasteiger partial charge in [-0.25, -0.2) is 4.79 Å². The van der Waals surface area contributed by atoms with Crippen molar-refractivity contribution < 1.29 is 9.90 Å². The normalized spacial score (nSPS) is 15.0. The molecule has 1 N–H and O–H groups in total. The van der Waals surface area contributed by atoms with Gasteiger partial charge in [0.05, 0.1) is 0 Å². The number of carbonyl (C=O) groups is 1. The summed E-state index contributed by atoms with van der Waals surface area (Å²) in [6.45, 7) is 0. The summed E-state index contributed by atoms with van der Waals surface area (Å²) in [7, 11) is 0. The van der Waals surface area contributed by atoms with Crippen molar-refractivity contribution in [3.63, 3.8) is 0 Å². The number of benzene rings is 1. The molecule has 0 aliphatic heterocycles. The van der Waals surface area contributed by atoms with Gasteiger partial charge >= 0.3 is 5.97 Å². The van der Waals surface area contributed by atoms with Crippen LogP contribution in [0.25, 0.3) is 0 Å². The minimum Gasteiger partial charge on any atom is -0.479 e. The van der Waals surface area contributed by atoms with Gasteiger partial charge in [-0.3, -0.25) is 0 Å². The molecule has 1 atom stereocenters. The van der Waals surface area contributed by atoms with Crippen LogP contribution in [0.4, 0.5) is 0 Å². The van der Waals surface area contributed by atoms with Crippen LogP contribution in [-0.4, -0.2) is 11.1 Å². The highest BCUT2D eigenvalue weighted by atomic mass is 127. The highest BCUT2D eigenvalue weighted by Crippen LogP contribution is 2.37. The summed E-state index contributed by atoms with van der Waals surface area (Å²) in [6.07, 6.45) is 0. The van der Waals surface area contributed by atoms with Crippen molar-refractivity contribution in [2.24, 2.45) is 0 Å². The molecule has 1 unspecified atom stereocenters.